The Hall–Kier alpha value is -4.25. The Bertz CT molecular complexity index is 1470. The van der Waals surface area contributed by atoms with E-state index in [0.29, 0.717) is 22.4 Å². The van der Waals surface area contributed by atoms with Crippen molar-refractivity contribution in [3.05, 3.63) is 82.5 Å². The third-order valence-electron chi connectivity index (χ3n) is 4.79. The van der Waals surface area contributed by atoms with Gasteiger partial charge >= 0.3 is 0 Å². The monoisotopic (exact) mass is 465 g/mol. The van der Waals surface area contributed by atoms with Crippen LogP contribution in [0.25, 0.3) is 11.0 Å². The molecule has 33 heavy (non-hydrogen) atoms. The zero-order valence-corrected chi connectivity index (χ0v) is 18.2. The Labute approximate surface area is 189 Å². The van der Waals surface area contributed by atoms with Crippen LogP contribution in [-0.4, -0.2) is 30.4 Å². The number of nitro benzene ring substituents is 1. The number of para-hydroxylation sites is 2. The lowest BCUT2D eigenvalue weighted by molar-refractivity contribution is -0.384. The van der Waals surface area contributed by atoms with E-state index in [2.05, 4.69) is 15.3 Å². The third-order valence-corrected chi connectivity index (χ3v) is 6.41. The highest BCUT2D eigenvalue weighted by molar-refractivity contribution is 7.90. The first-order chi connectivity index (χ1) is 15.7. The second-order valence-electron chi connectivity index (χ2n) is 7.14. The molecule has 0 atom stereocenters. The van der Waals surface area contributed by atoms with Gasteiger partial charge in [0.2, 0.25) is 0 Å². The van der Waals surface area contributed by atoms with Crippen LogP contribution in [0, 0.1) is 10.1 Å². The Morgan fingerprint density at radius 1 is 1.03 bits per heavy atom. The fourth-order valence-corrected chi connectivity index (χ4v) is 4.55. The number of rotatable bonds is 7. The lowest BCUT2D eigenvalue weighted by Gasteiger charge is -2.13. The summed E-state index contributed by atoms with van der Waals surface area (Å²) in [6, 6.07) is 17.1. The molecule has 3 aromatic carbocycles. The highest BCUT2D eigenvalue weighted by Crippen LogP contribution is 2.30. The first-order valence-electron chi connectivity index (χ1n) is 9.69. The van der Waals surface area contributed by atoms with Crippen LogP contribution < -0.4 is 15.8 Å². The lowest BCUT2D eigenvalue weighted by atomic mass is 10.2. The molecule has 4 aromatic rings. The summed E-state index contributed by atoms with van der Waals surface area (Å²) in [5.41, 5.74) is 7.37. The molecule has 11 heteroatoms. The van der Waals surface area contributed by atoms with Gasteiger partial charge in [-0.05, 0) is 30.3 Å². The van der Waals surface area contributed by atoms with E-state index in [-0.39, 0.29) is 27.8 Å². The van der Waals surface area contributed by atoms with E-state index in [1.54, 1.807) is 42.5 Å². The first kappa shape index (κ1) is 22.0. The lowest BCUT2D eigenvalue weighted by Crippen LogP contribution is -2.11. The molecule has 0 saturated carbocycles. The minimum Gasteiger partial charge on any atom is -0.496 e. The molecule has 0 radical (unpaired) electrons. The standard InChI is InChI=1S/C22H19N5O5S/c1-32-17-11-15(10-16(12-17)27(28)29)24-22-21(25-19-7-2-3-8-20(19)26-22)13-33(30,31)18-6-4-5-14(23)9-18/h2-12H,13,23H2,1H3,(H,24,26). The normalized spacial score (nSPS) is 11.3. The van der Waals surface area contributed by atoms with Crippen molar-refractivity contribution in [1.82, 2.24) is 9.97 Å². The second kappa shape index (κ2) is 8.71. The maximum absolute atomic E-state index is 13.1. The molecule has 4 rings (SSSR count). The number of hydrogen-bond donors (Lipinski definition) is 2. The Kier molecular flexibility index (Phi) is 5.80. The number of nitrogens with one attached hydrogen (secondary N) is 1. The van der Waals surface area contributed by atoms with Crippen molar-refractivity contribution in [1.29, 1.82) is 0 Å². The number of nitrogen functional groups attached to an aromatic ring is 1. The van der Waals surface area contributed by atoms with E-state index in [1.165, 1.54) is 31.4 Å². The van der Waals surface area contributed by atoms with Crippen molar-refractivity contribution in [2.24, 2.45) is 0 Å². The average Bonchev–Trinajstić information content (AvgIpc) is 2.79. The van der Waals surface area contributed by atoms with E-state index in [9.17, 15) is 18.5 Å². The van der Waals surface area contributed by atoms with Crippen LogP contribution in [0.5, 0.6) is 5.75 Å². The van der Waals surface area contributed by atoms with Crippen LogP contribution in [-0.2, 0) is 15.6 Å². The number of nitro groups is 1. The van der Waals surface area contributed by atoms with Gasteiger partial charge in [-0.1, -0.05) is 18.2 Å². The summed E-state index contributed by atoms with van der Waals surface area (Å²) < 4.78 is 31.3. The van der Waals surface area contributed by atoms with Crippen LogP contribution in [0.1, 0.15) is 5.69 Å². The molecule has 0 aliphatic heterocycles. The number of hydrogen-bond acceptors (Lipinski definition) is 9. The number of sulfone groups is 1. The number of anilines is 3. The van der Waals surface area contributed by atoms with Crippen molar-refractivity contribution >= 4 is 43.8 Å². The fraction of sp³-hybridized carbons (Fsp3) is 0.0909. The van der Waals surface area contributed by atoms with Gasteiger partial charge in [0.25, 0.3) is 5.69 Å². The molecule has 0 unspecified atom stereocenters. The van der Waals surface area contributed by atoms with Crippen LogP contribution in [0.3, 0.4) is 0 Å². The van der Waals surface area contributed by atoms with E-state index in [4.69, 9.17) is 10.5 Å². The van der Waals surface area contributed by atoms with E-state index >= 15 is 0 Å². The molecule has 1 aromatic heterocycles. The Morgan fingerprint density at radius 3 is 2.42 bits per heavy atom. The minimum absolute atomic E-state index is 0.0560. The largest absolute Gasteiger partial charge is 0.496 e. The topological polar surface area (TPSA) is 150 Å². The van der Waals surface area contributed by atoms with Gasteiger partial charge in [-0.3, -0.25) is 10.1 Å². The molecule has 1 heterocycles. The van der Waals surface area contributed by atoms with E-state index < -0.39 is 20.5 Å². The highest BCUT2D eigenvalue weighted by atomic mass is 32.2. The van der Waals surface area contributed by atoms with Crippen molar-refractivity contribution in [3.63, 3.8) is 0 Å². The number of methoxy groups -OCH3 is 1. The van der Waals surface area contributed by atoms with Crippen LogP contribution in [0.15, 0.2) is 71.6 Å². The summed E-state index contributed by atoms with van der Waals surface area (Å²) in [6.07, 6.45) is 0. The first-order valence-corrected chi connectivity index (χ1v) is 11.3. The number of benzene rings is 3. The number of nitrogens with zero attached hydrogens (tertiary/aromatic N) is 3. The molecule has 0 amide bonds. The summed E-state index contributed by atoms with van der Waals surface area (Å²) in [6.45, 7) is 0. The summed E-state index contributed by atoms with van der Waals surface area (Å²) in [7, 11) is -2.42. The van der Waals surface area contributed by atoms with Crippen LogP contribution in [0.4, 0.5) is 22.9 Å². The molecule has 3 N–H and O–H groups in total. The third kappa shape index (κ3) is 4.83. The molecule has 0 aliphatic carbocycles. The summed E-state index contributed by atoms with van der Waals surface area (Å²) in [5, 5.41) is 14.3. The van der Waals surface area contributed by atoms with E-state index in [0.717, 1.165) is 0 Å². The highest BCUT2D eigenvalue weighted by Gasteiger charge is 2.21. The number of ether oxygens (including phenoxy) is 1. The van der Waals surface area contributed by atoms with Gasteiger partial charge in [0.05, 0.1) is 45.4 Å². The summed E-state index contributed by atoms with van der Waals surface area (Å²) in [5.74, 6) is -0.0408. The van der Waals surface area contributed by atoms with Crippen molar-refractivity contribution < 1.29 is 18.1 Å². The molecule has 0 saturated heterocycles. The van der Waals surface area contributed by atoms with E-state index in [1.807, 2.05) is 0 Å². The maximum atomic E-state index is 13.1. The van der Waals surface area contributed by atoms with Crippen molar-refractivity contribution in [2.45, 2.75) is 10.6 Å². The molecule has 0 fully saturated rings. The van der Waals surface area contributed by atoms with Crippen molar-refractivity contribution in [3.8, 4) is 5.75 Å². The zero-order valence-electron chi connectivity index (χ0n) is 17.4. The Morgan fingerprint density at radius 2 is 1.76 bits per heavy atom. The summed E-state index contributed by atoms with van der Waals surface area (Å²) >= 11 is 0. The molecule has 168 valence electrons. The van der Waals surface area contributed by atoms with Gasteiger partial charge < -0.3 is 15.8 Å². The van der Waals surface area contributed by atoms with Gasteiger partial charge in [-0.2, -0.15) is 0 Å². The smallest absolute Gasteiger partial charge is 0.275 e. The van der Waals surface area contributed by atoms with Gasteiger partial charge in [0.1, 0.15) is 11.5 Å². The minimum atomic E-state index is -3.81. The molecule has 0 bridgehead atoms. The number of nitrogens with two attached hydrogens (primary N) is 1. The van der Waals surface area contributed by atoms with Crippen LogP contribution in [0.2, 0.25) is 0 Å². The number of aromatic nitrogens is 2. The zero-order chi connectivity index (χ0) is 23.6. The molecular weight excluding hydrogens is 446 g/mol. The van der Waals surface area contributed by atoms with Gasteiger partial charge in [-0.15, -0.1) is 0 Å². The second-order valence-corrected chi connectivity index (χ2v) is 9.13. The molecular formula is C22H19N5O5S. The van der Waals surface area contributed by atoms with Crippen LogP contribution >= 0.6 is 0 Å². The SMILES string of the molecule is COc1cc(Nc2nc3ccccc3nc2CS(=O)(=O)c2cccc(N)c2)cc([N+](=O)[O-])c1. The van der Waals surface area contributed by atoms with Gasteiger partial charge in [0, 0.05) is 17.8 Å². The fourth-order valence-electron chi connectivity index (χ4n) is 3.22. The molecule has 0 aliphatic rings. The van der Waals surface area contributed by atoms with Gasteiger partial charge in [-0.25, -0.2) is 18.4 Å². The molecule has 0 spiro atoms. The average molecular weight is 465 g/mol. The number of non-ortho nitro benzene ring substituents is 1. The predicted octanol–water partition coefficient (Wildman–Crippen LogP) is 3.85. The van der Waals surface area contributed by atoms with Crippen molar-refractivity contribution in [2.75, 3.05) is 18.2 Å². The maximum Gasteiger partial charge on any atom is 0.275 e. The number of fused-ring (bicyclic) bond motifs is 1. The predicted molar refractivity (Wildman–Crippen MR) is 124 cm³/mol. The molecule has 10 nitrogen and oxygen atoms in total. The Balaban J connectivity index is 1.81. The van der Waals surface area contributed by atoms with Gasteiger partial charge in [0.15, 0.2) is 15.7 Å². The summed E-state index contributed by atoms with van der Waals surface area (Å²) in [4.78, 5) is 19.8. The quantitative estimate of drug-likeness (QED) is 0.236.